The van der Waals surface area contributed by atoms with Crippen molar-refractivity contribution in [3.05, 3.63) is 52.3 Å². The van der Waals surface area contributed by atoms with Crippen molar-refractivity contribution in [3.63, 3.8) is 0 Å². The fraction of sp³-hybridized carbons (Fsp3) is 0.438. The van der Waals surface area contributed by atoms with E-state index < -0.39 is 0 Å². The minimum absolute atomic E-state index is 0.134. The number of fused-ring (bicyclic) bond motifs is 1. The number of hydrogen-bond donors (Lipinski definition) is 2. The molecule has 0 spiro atoms. The highest BCUT2D eigenvalue weighted by Crippen LogP contribution is 2.29. The maximum absolute atomic E-state index is 9.09. The van der Waals surface area contributed by atoms with Crippen LogP contribution in [0.15, 0.2) is 30.5 Å². The number of halogens is 1. The fourth-order valence-corrected chi connectivity index (χ4v) is 3.22. The molecule has 0 amide bonds. The number of nitrogens with one attached hydrogen (secondary N) is 1. The predicted molar refractivity (Wildman–Crippen MR) is 83.3 cm³/mol. The quantitative estimate of drug-likeness (QED) is 0.893. The first-order valence-corrected chi connectivity index (χ1v) is 7.79. The molecular weight excluding hydrogens is 286 g/mol. The molecule has 0 saturated heterocycles. The minimum atomic E-state index is 0.134. The topological polar surface area (TPSA) is 50.1 Å². The summed E-state index contributed by atoms with van der Waals surface area (Å²) in [6.45, 7) is 1.51. The summed E-state index contributed by atoms with van der Waals surface area (Å²) in [7, 11) is 0. The van der Waals surface area contributed by atoms with Crippen molar-refractivity contribution < 1.29 is 5.11 Å². The van der Waals surface area contributed by atoms with Crippen LogP contribution in [-0.2, 0) is 19.5 Å². The summed E-state index contributed by atoms with van der Waals surface area (Å²) >= 11 is 6.02. The Bertz CT molecular complexity index is 611. The van der Waals surface area contributed by atoms with Crippen LogP contribution in [-0.4, -0.2) is 21.5 Å². The van der Waals surface area contributed by atoms with Gasteiger partial charge in [0.25, 0.3) is 0 Å². The average molecular weight is 306 g/mol. The molecule has 1 atom stereocenters. The van der Waals surface area contributed by atoms with Crippen molar-refractivity contribution >= 4 is 11.6 Å². The van der Waals surface area contributed by atoms with E-state index >= 15 is 0 Å². The molecule has 1 aliphatic carbocycles. The Kier molecular flexibility index (Phi) is 4.58. The Morgan fingerprint density at radius 3 is 3.14 bits per heavy atom. The van der Waals surface area contributed by atoms with Gasteiger partial charge in [0.1, 0.15) is 0 Å². The lowest BCUT2D eigenvalue weighted by molar-refractivity contribution is 0.266. The maximum atomic E-state index is 9.09. The van der Waals surface area contributed by atoms with Gasteiger partial charge in [0.15, 0.2) is 0 Å². The number of nitrogens with zero attached hydrogens (tertiary/aromatic N) is 2. The monoisotopic (exact) mass is 305 g/mol. The lowest BCUT2D eigenvalue weighted by atomic mass is 9.93. The highest BCUT2D eigenvalue weighted by molar-refractivity contribution is 6.30. The summed E-state index contributed by atoms with van der Waals surface area (Å²) in [5.41, 5.74) is 3.73. The second-order valence-electron chi connectivity index (χ2n) is 5.45. The first-order valence-electron chi connectivity index (χ1n) is 7.41. The summed E-state index contributed by atoms with van der Waals surface area (Å²) in [4.78, 5) is 0. The van der Waals surface area contributed by atoms with Gasteiger partial charge in [-0.15, -0.1) is 0 Å². The summed E-state index contributed by atoms with van der Waals surface area (Å²) < 4.78 is 1.93. The highest BCUT2D eigenvalue weighted by Gasteiger charge is 2.23. The van der Waals surface area contributed by atoms with Gasteiger partial charge in [-0.3, -0.25) is 4.68 Å². The van der Waals surface area contributed by atoms with Crippen LogP contribution in [0.25, 0.3) is 0 Å². The van der Waals surface area contributed by atoms with E-state index in [1.807, 2.05) is 29.1 Å². The Morgan fingerprint density at radius 1 is 1.43 bits per heavy atom. The molecular formula is C16H20ClN3O. The molecule has 0 fully saturated rings. The first kappa shape index (κ1) is 14.6. The SMILES string of the molecule is OCCn1ncc2c1CCC[C@@H]2NCc1cccc(Cl)c1. The van der Waals surface area contributed by atoms with Crippen LogP contribution in [0, 0.1) is 0 Å². The second-order valence-corrected chi connectivity index (χ2v) is 5.89. The largest absolute Gasteiger partial charge is 0.394 e. The van der Waals surface area contributed by atoms with Gasteiger partial charge in [0, 0.05) is 28.9 Å². The number of aliphatic hydroxyl groups is 1. The van der Waals surface area contributed by atoms with Crippen molar-refractivity contribution in [3.8, 4) is 0 Å². The number of benzene rings is 1. The van der Waals surface area contributed by atoms with Crippen molar-refractivity contribution in [2.24, 2.45) is 0 Å². The zero-order chi connectivity index (χ0) is 14.7. The van der Waals surface area contributed by atoms with Gasteiger partial charge in [-0.25, -0.2) is 0 Å². The molecule has 1 aliphatic rings. The van der Waals surface area contributed by atoms with Gasteiger partial charge in [-0.05, 0) is 37.0 Å². The molecule has 0 aliphatic heterocycles. The molecule has 0 bridgehead atoms. The lowest BCUT2D eigenvalue weighted by Crippen LogP contribution is -2.25. The van der Waals surface area contributed by atoms with E-state index in [-0.39, 0.29) is 6.61 Å². The molecule has 0 unspecified atom stereocenters. The number of hydrogen-bond acceptors (Lipinski definition) is 3. The Hall–Kier alpha value is -1.36. The predicted octanol–water partition coefficient (Wildman–Crippen LogP) is 2.70. The first-order chi connectivity index (χ1) is 10.3. The third-order valence-corrected chi connectivity index (χ3v) is 4.25. The van der Waals surface area contributed by atoms with Crippen molar-refractivity contribution in [2.45, 2.75) is 38.4 Å². The van der Waals surface area contributed by atoms with Crippen molar-refractivity contribution in [1.29, 1.82) is 0 Å². The molecule has 1 aromatic heterocycles. The van der Waals surface area contributed by atoms with E-state index in [2.05, 4.69) is 16.5 Å². The van der Waals surface area contributed by atoms with Gasteiger partial charge in [0.2, 0.25) is 0 Å². The van der Waals surface area contributed by atoms with Gasteiger partial charge in [-0.2, -0.15) is 5.10 Å². The fourth-order valence-electron chi connectivity index (χ4n) is 3.01. The standard InChI is InChI=1S/C16H20ClN3O/c17-13-4-1-3-12(9-13)10-18-15-5-2-6-16-14(15)11-19-20(16)7-8-21/h1,3-4,9,11,15,18,21H,2,5-8,10H2/t15-/m0/s1. The third-order valence-electron chi connectivity index (χ3n) is 4.02. The molecule has 0 radical (unpaired) electrons. The zero-order valence-corrected chi connectivity index (χ0v) is 12.7. The third kappa shape index (κ3) is 3.28. The zero-order valence-electron chi connectivity index (χ0n) is 11.9. The maximum Gasteiger partial charge on any atom is 0.0644 e. The molecule has 2 N–H and O–H groups in total. The van der Waals surface area contributed by atoms with Gasteiger partial charge >= 0.3 is 0 Å². The number of rotatable bonds is 5. The molecule has 5 heteroatoms. The normalized spacial score (nSPS) is 17.7. The van der Waals surface area contributed by atoms with E-state index in [0.29, 0.717) is 12.6 Å². The molecule has 0 saturated carbocycles. The minimum Gasteiger partial charge on any atom is -0.394 e. The van der Waals surface area contributed by atoms with Crippen LogP contribution in [0.2, 0.25) is 5.02 Å². The van der Waals surface area contributed by atoms with E-state index in [4.69, 9.17) is 16.7 Å². The number of aromatic nitrogens is 2. The summed E-state index contributed by atoms with van der Waals surface area (Å²) in [5.74, 6) is 0. The Balaban J connectivity index is 1.70. The van der Waals surface area contributed by atoms with Crippen molar-refractivity contribution in [1.82, 2.24) is 15.1 Å². The smallest absolute Gasteiger partial charge is 0.0644 e. The van der Waals surface area contributed by atoms with Gasteiger partial charge < -0.3 is 10.4 Å². The van der Waals surface area contributed by atoms with Gasteiger partial charge in [0.05, 0.1) is 19.3 Å². The van der Waals surface area contributed by atoms with Gasteiger partial charge in [-0.1, -0.05) is 23.7 Å². The molecule has 2 aromatic rings. The van der Waals surface area contributed by atoms with Crippen LogP contribution in [0.4, 0.5) is 0 Å². The van der Waals surface area contributed by atoms with Crippen LogP contribution < -0.4 is 5.32 Å². The van der Waals surface area contributed by atoms with E-state index in [9.17, 15) is 0 Å². The van der Waals surface area contributed by atoms with E-state index in [0.717, 1.165) is 30.8 Å². The average Bonchev–Trinajstić information content (AvgIpc) is 2.90. The molecule has 21 heavy (non-hydrogen) atoms. The molecule has 4 nitrogen and oxygen atoms in total. The lowest BCUT2D eigenvalue weighted by Gasteiger charge is -2.24. The molecule has 1 heterocycles. The van der Waals surface area contributed by atoms with Crippen LogP contribution >= 0.6 is 11.6 Å². The van der Waals surface area contributed by atoms with Crippen molar-refractivity contribution in [2.75, 3.05) is 6.61 Å². The Morgan fingerprint density at radius 2 is 2.33 bits per heavy atom. The summed E-state index contributed by atoms with van der Waals surface area (Å²) in [5, 5.41) is 17.9. The van der Waals surface area contributed by atoms with E-state index in [1.165, 1.54) is 16.8 Å². The van der Waals surface area contributed by atoms with Crippen LogP contribution in [0.5, 0.6) is 0 Å². The summed E-state index contributed by atoms with van der Waals surface area (Å²) in [6.07, 6.45) is 5.26. The highest BCUT2D eigenvalue weighted by atomic mass is 35.5. The second kappa shape index (κ2) is 6.60. The summed E-state index contributed by atoms with van der Waals surface area (Å²) in [6, 6.07) is 8.28. The molecule has 3 rings (SSSR count). The van der Waals surface area contributed by atoms with Crippen LogP contribution in [0.3, 0.4) is 0 Å². The van der Waals surface area contributed by atoms with Crippen LogP contribution in [0.1, 0.15) is 35.7 Å². The van der Waals surface area contributed by atoms with E-state index in [1.54, 1.807) is 0 Å². The number of aliphatic hydroxyl groups excluding tert-OH is 1. The molecule has 1 aromatic carbocycles. The Labute approximate surface area is 129 Å². The molecule has 112 valence electrons.